The summed E-state index contributed by atoms with van der Waals surface area (Å²) in [6, 6.07) is 7.61. The summed E-state index contributed by atoms with van der Waals surface area (Å²) in [6.07, 6.45) is 0. The molecule has 0 aromatic heterocycles. The van der Waals surface area contributed by atoms with Crippen LogP contribution in [-0.2, 0) is 0 Å². The largest absolute Gasteiger partial charge is 0.334 e. The van der Waals surface area contributed by atoms with Gasteiger partial charge in [-0.2, -0.15) is 5.26 Å². The molecule has 0 spiro atoms. The third-order valence-corrected chi connectivity index (χ3v) is 4.68. The molecule has 2 rings (SSSR count). The number of anilines is 1. The van der Waals surface area contributed by atoms with E-state index in [1.165, 1.54) is 0 Å². The topological polar surface area (TPSA) is 48.2 Å². The number of rotatable bonds is 1. The zero-order chi connectivity index (χ0) is 13.2. The van der Waals surface area contributed by atoms with Crippen LogP contribution < -0.4 is 5.32 Å². The number of hydrogen-bond acceptors (Lipinski definition) is 4. The van der Waals surface area contributed by atoms with Gasteiger partial charge in [0.05, 0.1) is 17.3 Å². The number of benzene rings is 1. The molecule has 0 bridgehead atoms. The van der Waals surface area contributed by atoms with Gasteiger partial charge < -0.3 is 5.32 Å². The number of thioether (sulfide) groups is 1. The van der Waals surface area contributed by atoms with Gasteiger partial charge in [-0.15, -0.1) is 0 Å². The lowest BCUT2D eigenvalue weighted by Crippen LogP contribution is -2.27. The van der Waals surface area contributed by atoms with Crippen molar-refractivity contribution in [2.24, 2.45) is 10.4 Å². The standard InChI is InChI=1S/C13H14BrN3S/c1-13(2)7-16-12(18-8-13)17-11-4-3-9(6-15)5-10(11)14/h3-5H,7-8H2,1-2H3,(H,16,17). The van der Waals surface area contributed by atoms with Crippen LogP contribution in [0.4, 0.5) is 5.69 Å². The van der Waals surface area contributed by atoms with Gasteiger partial charge in [0.15, 0.2) is 5.17 Å². The van der Waals surface area contributed by atoms with Gasteiger partial charge in [0.2, 0.25) is 0 Å². The van der Waals surface area contributed by atoms with E-state index < -0.39 is 0 Å². The highest BCUT2D eigenvalue weighted by Gasteiger charge is 2.23. The first-order valence-electron chi connectivity index (χ1n) is 5.64. The molecule has 1 N–H and O–H groups in total. The van der Waals surface area contributed by atoms with Gasteiger partial charge >= 0.3 is 0 Å². The van der Waals surface area contributed by atoms with Crippen LogP contribution >= 0.6 is 27.7 Å². The molecular formula is C13H14BrN3S. The predicted octanol–water partition coefficient (Wildman–Crippen LogP) is 3.86. The number of hydrogen-bond donors (Lipinski definition) is 1. The highest BCUT2D eigenvalue weighted by atomic mass is 79.9. The molecule has 0 amide bonds. The van der Waals surface area contributed by atoms with Crippen LogP contribution in [0.15, 0.2) is 27.7 Å². The van der Waals surface area contributed by atoms with E-state index in [1.807, 2.05) is 6.07 Å². The van der Waals surface area contributed by atoms with Crippen LogP contribution in [-0.4, -0.2) is 17.5 Å². The molecule has 0 aliphatic carbocycles. The highest BCUT2D eigenvalue weighted by Crippen LogP contribution is 2.30. The van der Waals surface area contributed by atoms with E-state index in [2.05, 4.69) is 46.2 Å². The van der Waals surface area contributed by atoms with Gasteiger partial charge in [-0.3, -0.25) is 4.99 Å². The van der Waals surface area contributed by atoms with Gasteiger partial charge in [0.1, 0.15) is 0 Å². The van der Waals surface area contributed by atoms with E-state index >= 15 is 0 Å². The molecule has 0 saturated carbocycles. The molecule has 0 unspecified atom stereocenters. The van der Waals surface area contributed by atoms with E-state index in [0.29, 0.717) is 5.56 Å². The average molecular weight is 324 g/mol. The van der Waals surface area contributed by atoms with Crippen molar-refractivity contribution in [1.29, 1.82) is 5.26 Å². The van der Waals surface area contributed by atoms with E-state index in [0.717, 1.165) is 27.6 Å². The summed E-state index contributed by atoms with van der Waals surface area (Å²) >= 11 is 5.20. The molecule has 0 radical (unpaired) electrons. The summed E-state index contributed by atoms with van der Waals surface area (Å²) in [7, 11) is 0. The molecule has 5 heteroatoms. The van der Waals surface area contributed by atoms with Crippen LogP contribution in [0.5, 0.6) is 0 Å². The Labute approximate surface area is 120 Å². The Hall–Kier alpha value is -0.990. The minimum absolute atomic E-state index is 0.276. The summed E-state index contributed by atoms with van der Waals surface area (Å²) in [5.74, 6) is 1.06. The molecule has 0 saturated heterocycles. The van der Waals surface area contributed by atoms with E-state index in [-0.39, 0.29) is 5.41 Å². The zero-order valence-electron chi connectivity index (χ0n) is 10.3. The van der Waals surface area contributed by atoms with Crippen LogP contribution in [0.3, 0.4) is 0 Å². The SMILES string of the molecule is CC1(C)CN=C(Nc2ccc(C#N)cc2Br)SC1. The smallest absolute Gasteiger partial charge is 0.161 e. The van der Waals surface area contributed by atoms with Crippen molar-refractivity contribution in [3.8, 4) is 6.07 Å². The first kappa shape index (κ1) is 13.4. The average Bonchev–Trinajstić information content (AvgIpc) is 2.34. The number of nitriles is 1. The molecule has 94 valence electrons. The summed E-state index contributed by atoms with van der Waals surface area (Å²) < 4.78 is 0.884. The monoisotopic (exact) mass is 323 g/mol. The third kappa shape index (κ3) is 3.27. The summed E-state index contributed by atoms with van der Waals surface area (Å²) in [5, 5.41) is 13.1. The van der Waals surface area contributed by atoms with Gasteiger partial charge in [-0.05, 0) is 39.5 Å². The first-order valence-corrected chi connectivity index (χ1v) is 7.42. The zero-order valence-corrected chi connectivity index (χ0v) is 12.7. The third-order valence-electron chi connectivity index (χ3n) is 2.59. The molecule has 1 aliphatic rings. The quantitative estimate of drug-likeness (QED) is 0.853. The van der Waals surface area contributed by atoms with E-state index in [4.69, 9.17) is 5.26 Å². The molecular weight excluding hydrogens is 310 g/mol. The fraction of sp³-hybridized carbons (Fsp3) is 0.385. The van der Waals surface area contributed by atoms with Crippen molar-refractivity contribution in [2.45, 2.75) is 13.8 Å². The fourth-order valence-electron chi connectivity index (χ4n) is 1.52. The number of amidine groups is 1. The lowest BCUT2D eigenvalue weighted by atomic mass is 9.97. The molecule has 1 aromatic rings. The summed E-state index contributed by atoms with van der Waals surface area (Å²) in [5.41, 5.74) is 1.87. The second-order valence-electron chi connectivity index (χ2n) is 5.01. The lowest BCUT2D eigenvalue weighted by molar-refractivity contribution is 0.438. The van der Waals surface area contributed by atoms with Crippen LogP contribution in [0.1, 0.15) is 19.4 Å². The van der Waals surface area contributed by atoms with Crippen molar-refractivity contribution < 1.29 is 0 Å². The first-order chi connectivity index (χ1) is 8.50. The molecule has 0 fully saturated rings. The molecule has 18 heavy (non-hydrogen) atoms. The van der Waals surface area contributed by atoms with Crippen molar-refractivity contribution in [3.63, 3.8) is 0 Å². The van der Waals surface area contributed by atoms with Gasteiger partial charge in [-0.1, -0.05) is 25.6 Å². The molecule has 3 nitrogen and oxygen atoms in total. The fourth-order valence-corrected chi connectivity index (χ4v) is 2.95. The van der Waals surface area contributed by atoms with Crippen molar-refractivity contribution >= 4 is 38.5 Å². The number of nitrogens with zero attached hydrogens (tertiary/aromatic N) is 2. The number of aliphatic imine (C=N–C) groups is 1. The van der Waals surface area contributed by atoms with Crippen LogP contribution in [0.25, 0.3) is 0 Å². The minimum Gasteiger partial charge on any atom is -0.334 e. The Morgan fingerprint density at radius 1 is 1.50 bits per heavy atom. The minimum atomic E-state index is 0.276. The number of halogens is 1. The van der Waals surface area contributed by atoms with Crippen molar-refractivity contribution in [3.05, 3.63) is 28.2 Å². The maximum Gasteiger partial charge on any atom is 0.161 e. The Kier molecular flexibility index (Phi) is 3.98. The lowest BCUT2D eigenvalue weighted by Gasteiger charge is -2.27. The Balaban J connectivity index is 2.12. The van der Waals surface area contributed by atoms with Gasteiger partial charge in [0, 0.05) is 16.8 Å². The van der Waals surface area contributed by atoms with Crippen molar-refractivity contribution in [2.75, 3.05) is 17.6 Å². The number of nitrogens with one attached hydrogen (secondary N) is 1. The molecule has 1 aromatic carbocycles. The van der Waals surface area contributed by atoms with Crippen LogP contribution in [0, 0.1) is 16.7 Å². The second-order valence-corrected chi connectivity index (χ2v) is 6.82. The molecule has 1 aliphatic heterocycles. The Morgan fingerprint density at radius 3 is 2.83 bits per heavy atom. The van der Waals surface area contributed by atoms with E-state index in [9.17, 15) is 0 Å². The normalized spacial score (nSPS) is 17.8. The maximum atomic E-state index is 8.81. The Bertz CT molecular complexity index is 532. The summed E-state index contributed by atoms with van der Waals surface area (Å²) in [4.78, 5) is 4.54. The van der Waals surface area contributed by atoms with Gasteiger partial charge in [0.25, 0.3) is 0 Å². The second kappa shape index (κ2) is 5.33. The highest BCUT2D eigenvalue weighted by molar-refractivity contribution is 9.10. The molecule has 1 heterocycles. The maximum absolute atomic E-state index is 8.81. The van der Waals surface area contributed by atoms with Gasteiger partial charge in [-0.25, -0.2) is 0 Å². The van der Waals surface area contributed by atoms with Crippen LogP contribution in [0.2, 0.25) is 0 Å². The van der Waals surface area contributed by atoms with E-state index in [1.54, 1.807) is 23.9 Å². The predicted molar refractivity (Wildman–Crippen MR) is 81.0 cm³/mol. The Morgan fingerprint density at radius 2 is 2.28 bits per heavy atom. The summed E-state index contributed by atoms with van der Waals surface area (Å²) in [6.45, 7) is 5.28. The molecule has 0 atom stereocenters. The van der Waals surface area contributed by atoms with Crippen molar-refractivity contribution in [1.82, 2.24) is 0 Å².